The Morgan fingerprint density at radius 2 is 1.76 bits per heavy atom. The predicted molar refractivity (Wildman–Crippen MR) is 140 cm³/mol. The summed E-state index contributed by atoms with van der Waals surface area (Å²) in [5.41, 5.74) is 6.00. The highest BCUT2D eigenvalue weighted by molar-refractivity contribution is 7.80. The maximum atomic E-state index is 5.83. The minimum atomic E-state index is 0.0129. The van der Waals surface area contributed by atoms with Crippen LogP contribution < -0.4 is 5.32 Å². The lowest BCUT2D eigenvalue weighted by molar-refractivity contribution is 0.287. The van der Waals surface area contributed by atoms with Crippen molar-refractivity contribution in [2.75, 3.05) is 6.54 Å². The maximum Gasteiger partial charge on any atom is 0.170 e. The molecule has 1 saturated heterocycles. The second-order valence-corrected chi connectivity index (χ2v) is 9.72. The summed E-state index contributed by atoms with van der Waals surface area (Å²) in [6, 6.07) is 23.7. The van der Waals surface area contributed by atoms with Crippen molar-refractivity contribution in [2.24, 2.45) is 5.92 Å². The topological polar surface area (TPSA) is 33.1 Å². The van der Waals surface area contributed by atoms with Crippen molar-refractivity contribution in [3.8, 4) is 5.69 Å². The van der Waals surface area contributed by atoms with E-state index in [1.165, 1.54) is 33.4 Å². The minimum Gasteiger partial charge on any atom is -0.352 e. The summed E-state index contributed by atoms with van der Waals surface area (Å²) in [4.78, 5) is 7.04. The third kappa shape index (κ3) is 3.80. The monoisotopic (exact) mass is 454 g/mol. The van der Waals surface area contributed by atoms with Gasteiger partial charge in [-0.05, 0) is 67.2 Å². The van der Waals surface area contributed by atoms with Crippen LogP contribution in [0, 0.1) is 19.8 Å². The van der Waals surface area contributed by atoms with Crippen LogP contribution in [-0.2, 0) is 0 Å². The molecule has 1 aliphatic rings. The molecule has 1 N–H and O–H groups in total. The quantitative estimate of drug-likeness (QED) is 0.360. The first-order valence-electron chi connectivity index (χ1n) is 11.6. The zero-order valence-corrected chi connectivity index (χ0v) is 20.4. The summed E-state index contributed by atoms with van der Waals surface area (Å²) < 4.78 is 2.39. The molecule has 5 rings (SSSR count). The van der Waals surface area contributed by atoms with Gasteiger partial charge in [-0.1, -0.05) is 56.3 Å². The Kier molecular flexibility index (Phi) is 5.67. The Morgan fingerprint density at radius 1 is 1.00 bits per heavy atom. The van der Waals surface area contributed by atoms with Gasteiger partial charge in [0.1, 0.15) is 0 Å². The second-order valence-electron chi connectivity index (χ2n) is 9.33. The van der Waals surface area contributed by atoms with Gasteiger partial charge in [0.15, 0.2) is 5.11 Å². The number of aromatic nitrogens is 2. The van der Waals surface area contributed by atoms with Crippen LogP contribution in [0.4, 0.5) is 0 Å². The van der Waals surface area contributed by atoms with Gasteiger partial charge in [-0.25, -0.2) is 0 Å². The maximum absolute atomic E-state index is 5.83. The first-order valence-corrected chi connectivity index (χ1v) is 12.0. The zero-order chi connectivity index (χ0) is 23.1. The molecule has 2 aromatic heterocycles. The number of nitrogens with one attached hydrogen (secondary N) is 1. The number of thiocarbonyl (C=S) groups is 1. The minimum absolute atomic E-state index is 0.0129. The van der Waals surface area contributed by atoms with Crippen molar-refractivity contribution >= 4 is 28.1 Å². The van der Waals surface area contributed by atoms with Crippen LogP contribution in [0.1, 0.15) is 48.6 Å². The van der Waals surface area contributed by atoms with Crippen LogP contribution in [0.25, 0.3) is 16.5 Å². The van der Waals surface area contributed by atoms with E-state index < -0.39 is 0 Å². The molecule has 4 aromatic rings. The van der Waals surface area contributed by atoms with Gasteiger partial charge in [-0.15, -0.1) is 0 Å². The number of rotatable bonds is 5. The Bertz CT molecular complexity index is 1300. The molecule has 1 aliphatic heterocycles. The molecule has 2 aromatic carbocycles. The lowest BCUT2D eigenvalue weighted by Gasteiger charge is -2.29. The molecule has 0 unspecified atom stereocenters. The molecule has 3 heterocycles. The number of nitrogens with zero attached hydrogens (tertiary/aromatic N) is 3. The van der Waals surface area contributed by atoms with Crippen LogP contribution in [0.5, 0.6) is 0 Å². The smallest absolute Gasteiger partial charge is 0.170 e. The predicted octanol–water partition coefficient (Wildman–Crippen LogP) is 6.27. The van der Waals surface area contributed by atoms with E-state index in [0.29, 0.717) is 5.92 Å². The molecule has 0 saturated carbocycles. The third-order valence-corrected chi connectivity index (χ3v) is 6.91. The Labute approximate surface area is 201 Å². The largest absolute Gasteiger partial charge is 0.352 e. The highest BCUT2D eigenvalue weighted by atomic mass is 32.1. The molecule has 0 radical (unpaired) electrons. The second kappa shape index (κ2) is 8.64. The van der Waals surface area contributed by atoms with E-state index in [1.54, 1.807) is 0 Å². The van der Waals surface area contributed by atoms with E-state index >= 15 is 0 Å². The fourth-order valence-electron chi connectivity index (χ4n) is 5.20. The lowest BCUT2D eigenvalue weighted by atomic mass is 9.96. The molecule has 0 spiro atoms. The standard InChI is InChI=1S/C28H30N4S/c1-18(2)17-31-27(26(30-28(31)33)24-13-7-8-15-29-24)23-16-19(3)32(20(23)4)25-14-9-11-21-10-5-6-12-22(21)25/h5-16,18,26-27H,17H2,1-4H3,(H,30,33)/t26-,27-/m1/s1. The Morgan fingerprint density at radius 3 is 2.52 bits per heavy atom. The fraction of sp³-hybridized carbons (Fsp3) is 0.286. The highest BCUT2D eigenvalue weighted by Gasteiger charge is 2.41. The normalized spacial score (nSPS) is 18.3. The summed E-state index contributed by atoms with van der Waals surface area (Å²) in [6.07, 6.45) is 1.86. The number of hydrogen-bond donors (Lipinski definition) is 1. The van der Waals surface area contributed by atoms with Gasteiger partial charge in [0.25, 0.3) is 0 Å². The van der Waals surface area contributed by atoms with Crippen LogP contribution in [-0.4, -0.2) is 26.1 Å². The van der Waals surface area contributed by atoms with Crippen molar-refractivity contribution in [3.63, 3.8) is 0 Å². The van der Waals surface area contributed by atoms with Gasteiger partial charge in [0.05, 0.1) is 23.5 Å². The van der Waals surface area contributed by atoms with Crippen molar-refractivity contribution in [1.29, 1.82) is 0 Å². The average molecular weight is 455 g/mol. The van der Waals surface area contributed by atoms with Gasteiger partial charge < -0.3 is 14.8 Å². The summed E-state index contributed by atoms with van der Waals surface area (Å²) in [5.74, 6) is 0.497. The van der Waals surface area contributed by atoms with E-state index in [1.807, 2.05) is 12.3 Å². The van der Waals surface area contributed by atoms with Crippen molar-refractivity contribution in [1.82, 2.24) is 19.8 Å². The molecule has 1 fully saturated rings. The Balaban J connectivity index is 1.67. The number of fused-ring (bicyclic) bond motifs is 1. The lowest BCUT2D eigenvalue weighted by Crippen LogP contribution is -2.33. The number of benzene rings is 2. The number of aryl methyl sites for hydroxylation is 1. The van der Waals surface area contributed by atoms with Crippen LogP contribution >= 0.6 is 12.2 Å². The fourth-order valence-corrected chi connectivity index (χ4v) is 5.51. The van der Waals surface area contributed by atoms with E-state index in [0.717, 1.165) is 17.4 Å². The molecular formula is C28H30N4S. The first-order chi connectivity index (χ1) is 16.0. The molecule has 168 valence electrons. The van der Waals surface area contributed by atoms with Gasteiger partial charge in [0, 0.05) is 29.5 Å². The van der Waals surface area contributed by atoms with Crippen LogP contribution in [0.3, 0.4) is 0 Å². The van der Waals surface area contributed by atoms with E-state index in [4.69, 9.17) is 12.2 Å². The van der Waals surface area contributed by atoms with Crippen molar-refractivity contribution < 1.29 is 0 Å². The summed E-state index contributed by atoms with van der Waals surface area (Å²) in [6.45, 7) is 9.81. The molecular weight excluding hydrogens is 424 g/mol. The molecule has 2 atom stereocenters. The van der Waals surface area contributed by atoms with Crippen molar-refractivity contribution in [3.05, 3.63) is 95.6 Å². The summed E-state index contributed by atoms with van der Waals surface area (Å²) in [5, 5.41) is 6.90. The van der Waals surface area contributed by atoms with Gasteiger partial charge in [-0.2, -0.15) is 0 Å². The van der Waals surface area contributed by atoms with Gasteiger partial charge >= 0.3 is 0 Å². The zero-order valence-electron chi connectivity index (χ0n) is 19.6. The first kappa shape index (κ1) is 21.7. The van der Waals surface area contributed by atoms with E-state index in [9.17, 15) is 0 Å². The molecule has 5 heteroatoms. The summed E-state index contributed by atoms with van der Waals surface area (Å²) >= 11 is 5.83. The van der Waals surface area contributed by atoms with Crippen molar-refractivity contribution in [2.45, 2.75) is 39.8 Å². The van der Waals surface area contributed by atoms with Gasteiger partial charge in [0.2, 0.25) is 0 Å². The van der Waals surface area contributed by atoms with Crippen LogP contribution in [0.15, 0.2) is 72.9 Å². The Hall–Kier alpha value is -3.18. The number of pyridine rings is 1. The van der Waals surface area contributed by atoms with E-state index in [2.05, 4.69) is 108 Å². The number of hydrogen-bond acceptors (Lipinski definition) is 2. The summed E-state index contributed by atoms with van der Waals surface area (Å²) in [7, 11) is 0. The molecule has 33 heavy (non-hydrogen) atoms. The SMILES string of the molecule is Cc1cc([C@@H]2[C@@H](c3ccccn3)NC(=S)N2CC(C)C)c(C)n1-c1cccc2ccccc12. The van der Waals surface area contributed by atoms with Crippen LogP contribution in [0.2, 0.25) is 0 Å². The molecule has 0 amide bonds. The highest BCUT2D eigenvalue weighted by Crippen LogP contribution is 2.42. The van der Waals surface area contributed by atoms with E-state index in [-0.39, 0.29) is 12.1 Å². The molecule has 0 bridgehead atoms. The average Bonchev–Trinajstić information content (AvgIpc) is 3.28. The third-order valence-electron chi connectivity index (χ3n) is 6.56. The molecule has 0 aliphatic carbocycles. The molecule has 4 nitrogen and oxygen atoms in total. The van der Waals surface area contributed by atoms with Gasteiger partial charge in [-0.3, -0.25) is 4.98 Å².